The number of nitrogens with two attached hydrogens (primary N) is 1. The highest BCUT2D eigenvalue weighted by Crippen LogP contribution is 2.36. The summed E-state index contributed by atoms with van der Waals surface area (Å²) < 4.78 is 5.62. The van der Waals surface area contributed by atoms with Gasteiger partial charge in [0.05, 0.1) is 12.2 Å². The molecule has 1 heterocycles. The molecule has 3 nitrogen and oxygen atoms in total. The van der Waals surface area contributed by atoms with Crippen molar-refractivity contribution in [3.8, 4) is 0 Å². The number of aryl methyl sites for hydroxylation is 1. The second-order valence-electron chi connectivity index (χ2n) is 3.61. The lowest BCUT2D eigenvalue weighted by Gasteiger charge is -2.21. The molecular formula is C10H16N2O. The molecule has 0 saturated heterocycles. The first-order valence-electron chi connectivity index (χ1n) is 5.03. The maximum absolute atomic E-state index is 5.62. The molecule has 2 rings (SSSR count). The van der Waals surface area contributed by atoms with Crippen LogP contribution in [0.3, 0.4) is 0 Å². The normalized spacial score (nSPS) is 17.4. The molecule has 0 radical (unpaired) electrons. The molecule has 1 aromatic heterocycles. The van der Waals surface area contributed by atoms with Crippen LogP contribution in [0.4, 0.5) is 0 Å². The zero-order valence-electron chi connectivity index (χ0n) is 8.05. The molecule has 1 saturated carbocycles. The lowest BCUT2D eigenvalue weighted by Crippen LogP contribution is -2.08. The molecule has 0 atom stereocenters. The van der Waals surface area contributed by atoms with Crippen molar-refractivity contribution in [2.45, 2.75) is 45.1 Å². The number of hydrogen-bond acceptors (Lipinski definition) is 3. The Kier molecular flexibility index (Phi) is 2.36. The van der Waals surface area contributed by atoms with Crippen LogP contribution in [0, 0.1) is 0 Å². The maximum atomic E-state index is 5.62. The van der Waals surface area contributed by atoms with E-state index in [1.807, 2.05) is 0 Å². The third-order valence-electron chi connectivity index (χ3n) is 2.77. The van der Waals surface area contributed by atoms with Gasteiger partial charge >= 0.3 is 0 Å². The molecule has 0 spiro atoms. The molecule has 0 bridgehead atoms. The van der Waals surface area contributed by atoms with Crippen molar-refractivity contribution in [2.24, 2.45) is 5.73 Å². The van der Waals surface area contributed by atoms with Crippen molar-refractivity contribution in [2.75, 3.05) is 0 Å². The molecule has 0 aliphatic heterocycles. The van der Waals surface area contributed by atoms with E-state index in [1.54, 1.807) is 0 Å². The standard InChI is InChI=1S/C10H16N2O/c1-2-8-9(6-11)13-10(12-8)7-4-3-5-7/h7H,2-6,11H2,1H3. The predicted molar refractivity (Wildman–Crippen MR) is 50.4 cm³/mol. The minimum atomic E-state index is 0.475. The summed E-state index contributed by atoms with van der Waals surface area (Å²) in [6.45, 7) is 2.56. The van der Waals surface area contributed by atoms with Crippen molar-refractivity contribution >= 4 is 0 Å². The monoisotopic (exact) mass is 180 g/mol. The summed E-state index contributed by atoms with van der Waals surface area (Å²) in [4.78, 5) is 4.47. The SMILES string of the molecule is CCc1nc(C2CCC2)oc1CN. The Hall–Kier alpha value is -0.830. The maximum Gasteiger partial charge on any atom is 0.197 e. The molecule has 0 amide bonds. The van der Waals surface area contributed by atoms with Gasteiger partial charge in [-0.2, -0.15) is 0 Å². The molecule has 1 aliphatic rings. The van der Waals surface area contributed by atoms with E-state index in [1.165, 1.54) is 19.3 Å². The number of oxazole rings is 1. The summed E-state index contributed by atoms with van der Waals surface area (Å²) >= 11 is 0. The van der Waals surface area contributed by atoms with E-state index in [-0.39, 0.29) is 0 Å². The Labute approximate surface area is 78.3 Å². The molecule has 13 heavy (non-hydrogen) atoms. The van der Waals surface area contributed by atoms with Crippen LogP contribution in [0.15, 0.2) is 4.42 Å². The minimum Gasteiger partial charge on any atom is -0.444 e. The highest BCUT2D eigenvalue weighted by atomic mass is 16.4. The zero-order chi connectivity index (χ0) is 9.26. The lowest BCUT2D eigenvalue weighted by atomic mass is 9.85. The predicted octanol–water partition coefficient (Wildman–Crippen LogP) is 1.96. The second kappa shape index (κ2) is 3.50. The topological polar surface area (TPSA) is 52.0 Å². The van der Waals surface area contributed by atoms with Gasteiger partial charge in [-0.25, -0.2) is 4.98 Å². The average Bonchev–Trinajstić information content (AvgIpc) is 2.44. The molecule has 0 aromatic carbocycles. The summed E-state index contributed by atoms with van der Waals surface area (Å²) in [5, 5.41) is 0. The van der Waals surface area contributed by atoms with Gasteiger partial charge < -0.3 is 10.2 Å². The fourth-order valence-electron chi connectivity index (χ4n) is 1.67. The van der Waals surface area contributed by atoms with E-state index in [0.717, 1.165) is 23.8 Å². The van der Waals surface area contributed by atoms with Gasteiger partial charge in [-0.15, -0.1) is 0 Å². The van der Waals surface area contributed by atoms with E-state index < -0.39 is 0 Å². The first-order valence-corrected chi connectivity index (χ1v) is 5.03. The first kappa shape index (κ1) is 8.75. The van der Waals surface area contributed by atoms with Crippen LogP contribution in [0.25, 0.3) is 0 Å². The van der Waals surface area contributed by atoms with Crippen molar-refractivity contribution in [3.63, 3.8) is 0 Å². The van der Waals surface area contributed by atoms with Gasteiger partial charge in [0.1, 0.15) is 5.76 Å². The number of hydrogen-bond donors (Lipinski definition) is 1. The smallest absolute Gasteiger partial charge is 0.197 e. The van der Waals surface area contributed by atoms with Gasteiger partial charge in [0.2, 0.25) is 0 Å². The van der Waals surface area contributed by atoms with E-state index in [2.05, 4.69) is 11.9 Å². The fraction of sp³-hybridized carbons (Fsp3) is 0.700. The van der Waals surface area contributed by atoms with Crippen molar-refractivity contribution in [1.82, 2.24) is 4.98 Å². The highest BCUT2D eigenvalue weighted by Gasteiger charge is 2.25. The Morgan fingerprint density at radius 2 is 2.31 bits per heavy atom. The Morgan fingerprint density at radius 3 is 2.69 bits per heavy atom. The van der Waals surface area contributed by atoms with Crippen molar-refractivity contribution < 1.29 is 4.42 Å². The van der Waals surface area contributed by atoms with Crippen LogP contribution in [-0.2, 0) is 13.0 Å². The van der Waals surface area contributed by atoms with E-state index in [9.17, 15) is 0 Å². The zero-order valence-corrected chi connectivity index (χ0v) is 8.05. The molecule has 1 aliphatic carbocycles. The van der Waals surface area contributed by atoms with Crippen LogP contribution in [0.5, 0.6) is 0 Å². The number of nitrogens with zero attached hydrogens (tertiary/aromatic N) is 1. The number of rotatable bonds is 3. The Balaban J connectivity index is 2.21. The third kappa shape index (κ3) is 1.48. The van der Waals surface area contributed by atoms with Crippen LogP contribution >= 0.6 is 0 Å². The summed E-state index contributed by atoms with van der Waals surface area (Å²) in [6, 6.07) is 0. The van der Waals surface area contributed by atoms with Crippen molar-refractivity contribution in [1.29, 1.82) is 0 Å². The summed E-state index contributed by atoms with van der Waals surface area (Å²) in [5.41, 5.74) is 6.61. The minimum absolute atomic E-state index is 0.475. The second-order valence-corrected chi connectivity index (χ2v) is 3.61. The first-order chi connectivity index (χ1) is 6.35. The van der Waals surface area contributed by atoms with Gasteiger partial charge in [-0.3, -0.25) is 0 Å². The molecule has 2 N–H and O–H groups in total. The van der Waals surface area contributed by atoms with Gasteiger partial charge in [0, 0.05) is 5.92 Å². The fourth-order valence-corrected chi connectivity index (χ4v) is 1.67. The third-order valence-corrected chi connectivity index (χ3v) is 2.77. The van der Waals surface area contributed by atoms with Gasteiger partial charge in [-0.1, -0.05) is 13.3 Å². The van der Waals surface area contributed by atoms with Gasteiger partial charge in [0.25, 0.3) is 0 Å². The highest BCUT2D eigenvalue weighted by molar-refractivity contribution is 5.12. The Bertz CT molecular complexity index is 268. The molecule has 0 unspecified atom stereocenters. The average molecular weight is 180 g/mol. The number of aromatic nitrogens is 1. The van der Waals surface area contributed by atoms with Gasteiger partial charge in [0.15, 0.2) is 5.89 Å². The summed E-state index contributed by atoms with van der Waals surface area (Å²) in [5.74, 6) is 2.37. The largest absolute Gasteiger partial charge is 0.444 e. The molecule has 72 valence electrons. The van der Waals surface area contributed by atoms with Crippen LogP contribution in [0.1, 0.15) is 49.4 Å². The quantitative estimate of drug-likeness (QED) is 0.773. The molecule has 3 heteroatoms. The van der Waals surface area contributed by atoms with Crippen LogP contribution in [-0.4, -0.2) is 4.98 Å². The Morgan fingerprint density at radius 1 is 1.54 bits per heavy atom. The van der Waals surface area contributed by atoms with E-state index in [4.69, 9.17) is 10.2 Å². The molecule has 1 aromatic rings. The van der Waals surface area contributed by atoms with E-state index in [0.29, 0.717) is 12.5 Å². The summed E-state index contributed by atoms with van der Waals surface area (Å²) in [7, 11) is 0. The van der Waals surface area contributed by atoms with E-state index >= 15 is 0 Å². The van der Waals surface area contributed by atoms with Gasteiger partial charge in [-0.05, 0) is 19.3 Å². The molecular weight excluding hydrogens is 164 g/mol. The summed E-state index contributed by atoms with van der Waals surface area (Å²) in [6.07, 6.45) is 4.69. The van der Waals surface area contributed by atoms with Crippen LogP contribution < -0.4 is 5.73 Å². The lowest BCUT2D eigenvalue weighted by molar-refractivity contribution is 0.325. The van der Waals surface area contributed by atoms with Crippen molar-refractivity contribution in [3.05, 3.63) is 17.3 Å². The van der Waals surface area contributed by atoms with Crippen LogP contribution in [0.2, 0.25) is 0 Å². The molecule has 1 fully saturated rings.